The number of nitrogens with one attached hydrogen (secondary N) is 2. The van der Waals surface area contributed by atoms with Gasteiger partial charge in [0.1, 0.15) is 6.17 Å². The Bertz CT molecular complexity index is 1620. The monoisotopic (exact) mass is 656 g/mol. The molecule has 2 aliphatic carbocycles. The first-order chi connectivity index (χ1) is 22.5. The second kappa shape index (κ2) is 12.6. The molecule has 4 aliphatic rings. The van der Waals surface area contributed by atoms with Gasteiger partial charge in [0.2, 0.25) is 0 Å². The Labute approximate surface area is 274 Å². The number of imidazole rings is 1. The molecule has 7 nitrogen and oxygen atoms in total. The molecule has 1 atom stereocenters. The molecule has 2 aliphatic heterocycles. The van der Waals surface area contributed by atoms with Crippen LogP contribution in [0.3, 0.4) is 0 Å². The molecule has 11 heteroatoms. The number of rotatable bonds is 5. The van der Waals surface area contributed by atoms with E-state index < -0.39 is 23.6 Å². The summed E-state index contributed by atoms with van der Waals surface area (Å²) in [4.78, 5) is 18.3. The van der Waals surface area contributed by atoms with Crippen LogP contribution in [0.15, 0.2) is 47.5 Å². The Balaban J connectivity index is 1.23. The molecule has 0 amide bonds. The first kappa shape index (κ1) is 32.8. The zero-order chi connectivity index (χ0) is 33.0. The van der Waals surface area contributed by atoms with Crippen LogP contribution >= 0.6 is 0 Å². The van der Waals surface area contributed by atoms with Gasteiger partial charge in [0.15, 0.2) is 0 Å². The van der Waals surface area contributed by atoms with Gasteiger partial charge in [-0.3, -0.25) is 18.8 Å². The molecule has 47 heavy (non-hydrogen) atoms. The van der Waals surface area contributed by atoms with E-state index >= 15 is 0 Å². The number of fused-ring (bicyclic) bond motifs is 1. The summed E-state index contributed by atoms with van der Waals surface area (Å²) in [5.41, 5.74) is 7.63. The third-order valence-corrected chi connectivity index (χ3v) is 11.6. The van der Waals surface area contributed by atoms with Crippen molar-refractivity contribution < 1.29 is 17.6 Å². The Morgan fingerprint density at radius 3 is 2.30 bits per heavy atom. The highest BCUT2D eigenvalue weighted by Gasteiger charge is 2.57. The maximum atomic E-state index is 14.4. The molecule has 2 aromatic heterocycles. The van der Waals surface area contributed by atoms with Crippen LogP contribution in [-0.4, -0.2) is 56.9 Å². The number of likely N-dealkylation sites (N-methyl/N-ethyl adjacent to an activating group) is 1. The van der Waals surface area contributed by atoms with Crippen LogP contribution in [0.5, 0.6) is 0 Å². The standard InChI is InChI=1S/C36H48F4N6O/c1-25-20-34(21-25,32-41-42-35(43(32)2)14-7-5-3-4-6-8-15-35)27-10-9-11-29(19-27)45-24-31-30(36(38,39)40)18-26(23-46(31)33(45)47)22-44-16-12-28(37)13-17-44/h9-11,18-19,23-25,28,32,41-42H,3-8,12-17,20-22H2,1-2H3. The molecule has 1 aromatic carbocycles. The summed E-state index contributed by atoms with van der Waals surface area (Å²) in [5, 5.41) is 0. The zero-order valence-corrected chi connectivity index (χ0v) is 27.6. The summed E-state index contributed by atoms with van der Waals surface area (Å²) in [7, 11) is 2.23. The highest BCUT2D eigenvalue weighted by atomic mass is 19.4. The predicted molar refractivity (Wildman–Crippen MR) is 175 cm³/mol. The van der Waals surface area contributed by atoms with E-state index in [1.165, 1.54) is 55.5 Å². The van der Waals surface area contributed by atoms with Crippen molar-refractivity contribution in [3.05, 3.63) is 69.9 Å². The minimum Gasteiger partial charge on any atom is -0.299 e. The van der Waals surface area contributed by atoms with E-state index in [1.807, 2.05) is 17.0 Å². The van der Waals surface area contributed by atoms with Gasteiger partial charge in [-0.15, -0.1) is 0 Å². The predicted octanol–water partition coefficient (Wildman–Crippen LogP) is 6.91. The van der Waals surface area contributed by atoms with Gasteiger partial charge >= 0.3 is 11.9 Å². The molecular formula is C36H48F4N6O. The quantitative estimate of drug-likeness (QED) is 0.293. The second-order valence-corrected chi connectivity index (χ2v) is 14.9. The number of alkyl halides is 4. The largest absolute Gasteiger partial charge is 0.418 e. The fourth-order valence-corrected chi connectivity index (χ4v) is 9.12. The van der Waals surface area contributed by atoms with Crippen molar-refractivity contribution in [3.63, 3.8) is 0 Å². The third-order valence-electron chi connectivity index (χ3n) is 11.6. The van der Waals surface area contributed by atoms with Gasteiger partial charge in [0.05, 0.1) is 28.6 Å². The Morgan fingerprint density at radius 1 is 0.957 bits per heavy atom. The van der Waals surface area contributed by atoms with Crippen LogP contribution in [0.25, 0.3) is 11.2 Å². The number of hydrogen-bond acceptors (Lipinski definition) is 5. The number of likely N-dealkylation sites (tertiary alicyclic amines) is 1. The number of halogens is 4. The van der Waals surface area contributed by atoms with Crippen molar-refractivity contribution in [3.8, 4) is 5.69 Å². The summed E-state index contributed by atoms with van der Waals surface area (Å²) in [5.74, 6) is 0.536. The smallest absolute Gasteiger partial charge is 0.299 e. The lowest BCUT2D eigenvalue weighted by molar-refractivity contribution is -0.136. The first-order valence-electron chi connectivity index (χ1n) is 17.6. The second-order valence-electron chi connectivity index (χ2n) is 14.9. The third kappa shape index (κ3) is 6.06. The highest BCUT2D eigenvalue weighted by molar-refractivity contribution is 5.58. The molecule has 2 saturated carbocycles. The topological polar surface area (TPSA) is 57.0 Å². The van der Waals surface area contributed by atoms with Crippen molar-refractivity contribution >= 4 is 5.52 Å². The molecule has 0 bridgehead atoms. The van der Waals surface area contributed by atoms with Crippen molar-refractivity contribution in [1.82, 2.24) is 29.6 Å². The lowest BCUT2D eigenvalue weighted by Crippen LogP contribution is -2.60. The lowest BCUT2D eigenvalue weighted by Gasteiger charge is -2.53. The van der Waals surface area contributed by atoms with E-state index in [2.05, 4.69) is 35.8 Å². The van der Waals surface area contributed by atoms with Gasteiger partial charge in [-0.25, -0.2) is 20.0 Å². The van der Waals surface area contributed by atoms with Crippen LogP contribution in [0.2, 0.25) is 0 Å². The minimum absolute atomic E-state index is 0.0430. The van der Waals surface area contributed by atoms with E-state index in [0.29, 0.717) is 43.1 Å². The highest BCUT2D eigenvalue weighted by Crippen LogP contribution is 2.53. The molecule has 256 valence electrons. The van der Waals surface area contributed by atoms with Gasteiger partial charge in [0, 0.05) is 37.4 Å². The molecule has 2 saturated heterocycles. The summed E-state index contributed by atoms with van der Waals surface area (Å²) < 4.78 is 59.4. The van der Waals surface area contributed by atoms with Crippen LogP contribution in [0.4, 0.5) is 17.6 Å². The summed E-state index contributed by atoms with van der Waals surface area (Å²) in [6, 6.07) is 8.99. The summed E-state index contributed by atoms with van der Waals surface area (Å²) >= 11 is 0. The average molecular weight is 657 g/mol. The van der Waals surface area contributed by atoms with Crippen molar-refractivity contribution in [1.29, 1.82) is 0 Å². The van der Waals surface area contributed by atoms with Gasteiger partial charge in [0.25, 0.3) is 0 Å². The van der Waals surface area contributed by atoms with E-state index in [-0.39, 0.29) is 29.3 Å². The molecule has 0 radical (unpaired) electrons. The van der Waals surface area contributed by atoms with Crippen LogP contribution in [-0.2, 0) is 18.1 Å². The van der Waals surface area contributed by atoms with Gasteiger partial charge in [-0.05, 0) is 80.8 Å². The Hall–Kier alpha value is -2.73. The number of benzene rings is 1. The van der Waals surface area contributed by atoms with E-state index in [9.17, 15) is 22.4 Å². The maximum Gasteiger partial charge on any atom is 0.418 e. The minimum atomic E-state index is -4.64. The van der Waals surface area contributed by atoms with Crippen LogP contribution < -0.4 is 16.5 Å². The number of pyridine rings is 1. The number of hydrogen-bond donors (Lipinski definition) is 2. The number of aromatic nitrogens is 2. The first-order valence-corrected chi connectivity index (χ1v) is 17.6. The maximum absolute atomic E-state index is 14.4. The normalized spacial score (nSPS) is 28.3. The molecule has 4 fully saturated rings. The SMILES string of the molecule is CC1CC(c2cccc(-n3cc4c(C(F)(F)F)cc(CN5CCC(F)CC5)cn4c3=O)c2)(C2NNC3(CCCCCCCC3)N2C)C1. The fourth-order valence-electron chi connectivity index (χ4n) is 9.12. The van der Waals surface area contributed by atoms with Crippen molar-refractivity contribution in [2.24, 2.45) is 5.92 Å². The fraction of sp³-hybridized carbons (Fsp3) is 0.639. The van der Waals surface area contributed by atoms with Crippen molar-refractivity contribution in [2.45, 2.75) is 120 Å². The van der Waals surface area contributed by atoms with E-state index in [4.69, 9.17) is 0 Å². The molecule has 2 N–H and O–H groups in total. The number of nitrogens with zero attached hydrogens (tertiary/aromatic N) is 4. The van der Waals surface area contributed by atoms with Crippen LogP contribution in [0.1, 0.15) is 101 Å². The molecule has 1 unspecified atom stereocenters. The average Bonchev–Trinajstić information content (AvgIpc) is 3.57. The summed E-state index contributed by atoms with van der Waals surface area (Å²) in [6.07, 6.45) is 9.70. The Morgan fingerprint density at radius 2 is 1.64 bits per heavy atom. The summed E-state index contributed by atoms with van der Waals surface area (Å²) in [6.45, 7) is 3.45. The van der Waals surface area contributed by atoms with Gasteiger partial charge < -0.3 is 0 Å². The molecular weight excluding hydrogens is 608 g/mol. The molecule has 1 spiro atoms. The van der Waals surface area contributed by atoms with Crippen LogP contribution in [0, 0.1) is 5.92 Å². The van der Waals surface area contributed by atoms with E-state index in [0.717, 1.165) is 41.7 Å². The number of piperidine rings is 1. The Kier molecular flexibility index (Phi) is 8.81. The molecule has 4 heterocycles. The number of hydrazine groups is 1. The van der Waals surface area contributed by atoms with Crippen molar-refractivity contribution in [2.75, 3.05) is 20.1 Å². The van der Waals surface area contributed by atoms with Gasteiger partial charge in [-0.1, -0.05) is 57.6 Å². The lowest BCUT2D eigenvalue weighted by atomic mass is 9.57. The molecule has 7 rings (SSSR count). The van der Waals surface area contributed by atoms with E-state index in [1.54, 1.807) is 6.07 Å². The zero-order valence-electron chi connectivity index (χ0n) is 27.6. The molecule has 3 aromatic rings. The van der Waals surface area contributed by atoms with Gasteiger partial charge in [-0.2, -0.15) is 13.2 Å².